The molecular weight excluding hydrogens is 263 g/mol. The minimum Gasteiger partial charge on any atom is -0.404 e. The molecule has 1 unspecified atom stereocenters. The predicted octanol–water partition coefficient (Wildman–Crippen LogP) is 3.69. The number of hydrogen-bond acceptors (Lipinski definition) is 4. The van der Waals surface area contributed by atoms with Gasteiger partial charge in [-0.05, 0) is 31.0 Å². The molecule has 1 rings (SSSR count). The van der Waals surface area contributed by atoms with Gasteiger partial charge in [-0.1, -0.05) is 12.1 Å². The molecule has 0 aliphatic carbocycles. The zero-order valence-corrected chi connectivity index (χ0v) is 11.8. The van der Waals surface area contributed by atoms with Crippen LogP contribution < -0.4 is 4.52 Å². The summed E-state index contributed by atoms with van der Waals surface area (Å²) in [7, 11) is -2.29. The minimum absolute atomic E-state index is 0.109. The van der Waals surface area contributed by atoms with Gasteiger partial charge in [0.2, 0.25) is 0 Å². The van der Waals surface area contributed by atoms with Crippen LogP contribution in [0.15, 0.2) is 18.2 Å². The highest BCUT2D eigenvalue weighted by atomic mass is 35.5. The average molecular weight is 279 g/mol. The zero-order valence-electron chi connectivity index (χ0n) is 10.1. The van der Waals surface area contributed by atoms with E-state index in [1.807, 2.05) is 26.0 Å². The molecule has 0 aliphatic heterocycles. The smallest absolute Gasteiger partial charge is 0.404 e. The van der Waals surface area contributed by atoms with Gasteiger partial charge in [-0.3, -0.25) is 9.05 Å². The van der Waals surface area contributed by atoms with E-state index in [0.29, 0.717) is 5.75 Å². The Morgan fingerprint density at radius 1 is 1.35 bits per heavy atom. The molecule has 0 heterocycles. The van der Waals surface area contributed by atoms with Crippen LogP contribution in [0.5, 0.6) is 5.75 Å². The largest absolute Gasteiger partial charge is 0.529 e. The summed E-state index contributed by atoms with van der Waals surface area (Å²) in [5.41, 5.74) is 1.95. The van der Waals surface area contributed by atoms with Crippen molar-refractivity contribution in [2.75, 3.05) is 19.6 Å². The summed E-state index contributed by atoms with van der Waals surface area (Å²) < 4.78 is 27.2. The van der Waals surface area contributed by atoms with Crippen molar-refractivity contribution in [2.45, 2.75) is 13.8 Å². The normalized spacial score (nSPS) is 14.4. The number of hydrogen-bond donors (Lipinski definition) is 0. The van der Waals surface area contributed by atoms with E-state index in [4.69, 9.17) is 25.2 Å². The highest BCUT2D eigenvalue weighted by molar-refractivity contribution is 7.48. The number of phosphoric ester groups is 1. The van der Waals surface area contributed by atoms with Crippen LogP contribution in [0.3, 0.4) is 0 Å². The second-order valence-corrected chi connectivity index (χ2v) is 5.52. The number of alkyl halides is 1. The first-order valence-electron chi connectivity index (χ1n) is 5.14. The number of phosphoric acid groups is 1. The van der Waals surface area contributed by atoms with Gasteiger partial charge < -0.3 is 4.52 Å². The van der Waals surface area contributed by atoms with E-state index in [-0.39, 0.29) is 12.5 Å². The molecule has 0 spiro atoms. The van der Waals surface area contributed by atoms with Crippen molar-refractivity contribution in [1.29, 1.82) is 0 Å². The summed E-state index contributed by atoms with van der Waals surface area (Å²) in [5, 5.41) is 0. The maximum Gasteiger partial charge on any atom is 0.529 e. The molecule has 0 fully saturated rings. The third kappa shape index (κ3) is 4.00. The van der Waals surface area contributed by atoms with Crippen molar-refractivity contribution in [3.8, 4) is 5.75 Å². The fraction of sp³-hybridized carbons (Fsp3) is 0.455. The molecule has 6 heteroatoms. The van der Waals surface area contributed by atoms with E-state index in [1.165, 1.54) is 7.11 Å². The van der Waals surface area contributed by atoms with Crippen LogP contribution in [0, 0.1) is 13.8 Å². The highest BCUT2D eigenvalue weighted by Gasteiger charge is 2.27. The molecule has 1 atom stereocenters. The molecule has 0 saturated heterocycles. The van der Waals surface area contributed by atoms with Crippen LogP contribution in [0.4, 0.5) is 0 Å². The lowest BCUT2D eigenvalue weighted by Crippen LogP contribution is -2.03. The lowest BCUT2D eigenvalue weighted by Gasteiger charge is -2.17. The summed E-state index contributed by atoms with van der Waals surface area (Å²) in [6.07, 6.45) is 0. The summed E-state index contributed by atoms with van der Waals surface area (Å²) >= 11 is 5.47. The van der Waals surface area contributed by atoms with E-state index >= 15 is 0 Å². The summed E-state index contributed by atoms with van der Waals surface area (Å²) in [5.74, 6) is 0.716. The molecule has 0 N–H and O–H groups in total. The number of aryl methyl sites for hydroxylation is 1. The van der Waals surface area contributed by atoms with Gasteiger partial charge in [-0.25, -0.2) is 4.57 Å². The molecule has 17 heavy (non-hydrogen) atoms. The van der Waals surface area contributed by atoms with Crippen molar-refractivity contribution in [3.05, 3.63) is 29.3 Å². The van der Waals surface area contributed by atoms with E-state index in [2.05, 4.69) is 0 Å². The van der Waals surface area contributed by atoms with Gasteiger partial charge in [0.25, 0.3) is 0 Å². The van der Waals surface area contributed by atoms with Gasteiger partial charge in [0.1, 0.15) is 5.75 Å². The number of benzene rings is 1. The Hall–Kier alpha value is -0.540. The molecule has 0 radical (unpaired) electrons. The molecule has 0 aromatic heterocycles. The lowest BCUT2D eigenvalue weighted by molar-refractivity contribution is 0.188. The van der Waals surface area contributed by atoms with Gasteiger partial charge in [0.15, 0.2) is 0 Å². The first-order chi connectivity index (χ1) is 8.02. The molecular formula is C11H16ClO4P. The second-order valence-electron chi connectivity index (χ2n) is 3.44. The van der Waals surface area contributed by atoms with Crippen LogP contribution in [-0.2, 0) is 13.6 Å². The maximum absolute atomic E-state index is 12.0. The van der Waals surface area contributed by atoms with Crippen molar-refractivity contribution in [2.24, 2.45) is 0 Å². The van der Waals surface area contributed by atoms with Crippen LogP contribution in [-0.4, -0.2) is 19.6 Å². The first-order valence-corrected chi connectivity index (χ1v) is 7.14. The second kappa shape index (κ2) is 6.41. The van der Waals surface area contributed by atoms with Gasteiger partial charge in [0, 0.05) is 13.0 Å². The fourth-order valence-corrected chi connectivity index (χ4v) is 2.38. The third-order valence-electron chi connectivity index (χ3n) is 2.32. The summed E-state index contributed by atoms with van der Waals surface area (Å²) in [6, 6.07) is 5.48. The van der Waals surface area contributed by atoms with Gasteiger partial charge in [-0.2, -0.15) is 0 Å². The predicted molar refractivity (Wildman–Crippen MR) is 67.8 cm³/mol. The average Bonchev–Trinajstić information content (AvgIpc) is 2.33. The number of rotatable bonds is 6. The van der Waals surface area contributed by atoms with Crippen molar-refractivity contribution in [3.63, 3.8) is 0 Å². The summed E-state index contributed by atoms with van der Waals surface area (Å²) in [4.78, 5) is 0. The molecule has 0 bridgehead atoms. The molecule has 1 aromatic carbocycles. The molecule has 4 nitrogen and oxygen atoms in total. The van der Waals surface area contributed by atoms with Gasteiger partial charge >= 0.3 is 7.82 Å². The Bertz CT molecular complexity index is 422. The standard InChI is InChI=1S/C11H16ClO4P/c1-9-5-4-6-11(10(9)2)16-17(13,14-3)15-8-7-12/h4-6H,7-8H2,1-3H3. The molecule has 0 amide bonds. The van der Waals surface area contributed by atoms with Crippen LogP contribution in [0.2, 0.25) is 0 Å². The molecule has 96 valence electrons. The van der Waals surface area contributed by atoms with E-state index < -0.39 is 7.82 Å². The van der Waals surface area contributed by atoms with Gasteiger partial charge in [-0.15, -0.1) is 11.6 Å². The zero-order chi connectivity index (χ0) is 12.9. The molecule has 1 aromatic rings. The maximum atomic E-state index is 12.0. The van der Waals surface area contributed by atoms with Crippen molar-refractivity contribution < 1.29 is 18.1 Å². The third-order valence-corrected chi connectivity index (χ3v) is 3.84. The Morgan fingerprint density at radius 3 is 2.65 bits per heavy atom. The van der Waals surface area contributed by atoms with E-state index in [9.17, 15) is 4.57 Å². The monoisotopic (exact) mass is 278 g/mol. The Kier molecular flexibility index (Phi) is 5.47. The topological polar surface area (TPSA) is 44.8 Å². The Morgan fingerprint density at radius 2 is 2.06 bits per heavy atom. The van der Waals surface area contributed by atoms with Crippen molar-refractivity contribution >= 4 is 19.4 Å². The highest BCUT2D eigenvalue weighted by Crippen LogP contribution is 2.49. The lowest BCUT2D eigenvalue weighted by atomic mass is 10.1. The van der Waals surface area contributed by atoms with E-state index in [1.54, 1.807) is 6.07 Å². The quantitative estimate of drug-likeness (QED) is 0.588. The van der Waals surface area contributed by atoms with Gasteiger partial charge in [0.05, 0.1) is 6.61 Å². The first kappa shape index (κ1) is 14.5. The number of halogens is 1. The fourth-order valence-electron chi connectivity index (χ4n) is 1.21. The molecule has 0 aliphatic rings. The van der Waals surface area contributed by atoms with Crippen LogP contribution in [0.25, 0.3) is 0 Å². The van der Waals surface area contributed by atoms with E-state index in [0.717, 1.165) is 11.1 Å². The molecule has 0 saturated carbocycles. The van der Waals surface area contributed by atoms with Crippen LogP contribution >= 0.6 is 19.4 Å². The Balaban J connectivity index is 2.87. The van der Waals surface area contributed by atoms with Crippen molar-refractivity contribution in [1.82, 2.24) is 0 Å². The Labute approximate surface area is 106 Å². The summed E-state index contributed by atoms with van der Waals surface area (Å²) in [6.45, 7) is 3.93. The van der Waals surface area contributed by atoms with Crippen LogP contribution in [0.1, 0.15) is 11.1 Å². The SMILES string of the molecule is COP(=O)(OCCCl)Oc1cccc(C)c1C. The minimum atomic E-state index is -3.57.